The van der Waals surface area contributed by atoms with E-state index in [0.29, 0.717) is 24.0 Å². The minimum Gasteiger partial charge on any atom is -0.476 e. The average molecular weight is 222 g/mol. The Morgan fingerprint density at radius 2 is 2.31 bits per heavy atom. The summed E-state index contributed by atoms with van der Waals surface area (Å²) in [5.74, 6) is 0.963. The van der Waals surface area contributed by atoms with Gasteiger partial charge in [-0.1, -0.05) is 13.8 Å². The molecule has 0 amide bonds. The van der Waals surface area contributed by atoms with E-state index in [1.54, 1.807) is 6.07 Å². The number of nitrogens with one attached hydrogen (secondary N) is 1. The molecule has 0 aliphatic carbocycles. The molecule has 0 radical (unpaired) electrons. The van der Waals surface area contributed by atoms with Crippen LogP contribution in [-0.2, 0) is 0 Å². The van der Waals surface area contributed by atoms with Gasteiger partial charge >= 0.3 is 0 Å². The summed E-state index contributed by atoms with van der Waals surface area (Å²) in [6, 6.07) is 1.63. The van der Waals surface area contributed by atoms with Gasteiger partial charge in [0.1, 0.15) is 5.84 Å². The Kier molecular flexibility index (Phi) is 4.69. The highest BCUT2D eigenvalue weighted by molar-refractivity contribution is 5.96. The summed E-state index contributed by atoms with van der Waals surface area (Å²) < 4.78 is 5.45. The van der Waals surface area contributed by atoms with Gasteiger partial charge in [-0.3, -0.25) is 5.41 Å². The molecule has 16 heavy (non-hydrogen) atoms. The molecule has 0 unspecified atom stereocenters. The number of nitrogens with two attached hydrogens (primary N) is 1. The van der Waals surface area contributed by atoms with Crippen molar-refractivity contribution < 1.29 is 4.74 Å². The lowest BCUT2D eigenvalue weighted by atomic mass is 10.1. The van der Waals surface area contributed by atoms with Crippen LogP contribution in [0.3, 0.4) is 0 Å². The van der Waals surface area contributed by atoms with Crippen molar-refractivity contribution in [2.75, 3.05) is 6.61 Å². The Morgan fingerprint density at radius 1 is 1.56 bits per heavy atom. The van der Waals surface area contributed by atoms with Crippen molar-refractivity contribution in [3.63, 3.8) is 0 Å². The second-order valence-electron chi connectivity index (χ2n) is 4.05. The summed E-state index contributed by atoms with van der Waals surface area (Å²) in [6.07, 6.45) is 3.57. The molecule has 0 saturated heterocycles. The van der Waals surface area contributed by atoms with Gasteiger partial charge in [-0.15, -0.1) is 5.10 Å². The summed E-state index contributed by atoms with van der Waals surface area (Å²) in [7, 11) is 0. The summed E-state index contributed by atoms with van der Waals surface area (Å²) in [6.45, 7) is 4.92. The molecule has 0 aliphatic heterocycles. The lowest BCUT2D eigenvalue weighted by Gasteiger charge is -2.08. The highest BCUT2D eigenvalue weighted by Crippen LogP contribution is 2.13. The molecule has 1 rings (SSSR count). The van der Waals surface area contributed by atoms with Gasteiger partial charge in [0.05, 0.1) is 18.4 Å². The fraction of sp³-hybridized carbons (Fsp3) is 0.545. The third kappa shape index (κ3) is 3.84. The van der Waals surface area contributed by atoms with Crippen LogP contribution >= 0.6 is 0 Å². The maximum atomic E-state index is 7.35. The first kappa shape index (κ1) is 12.4. The van der Waals surface area contributed by atoms with E-state index in [9.17, 15) is 0 Å². The Morgan fingerprint density at radius 3 is 2.94 bits per heavy atom. The first-order chi connectivity index (χ1) is 7.61. The molecule has 0 atom stereocenters. The summed E-state index contributed by atoms with van der Waals surface area (Å²) in [4.78, 5) is 0. The van der Waals surface area contributed by atoms with Crippen molar-refractivity contribution in [3.05, 3.63) is 17.8 Å². The SMILES string of the molecule is CC(C)CCCOc1nnccc1C(=N)N. The van der Waals surface area contributed by atoms with E-state index in [2.05, 4.69) is 24.0 Å². The molecule has 0 saturated carbocycles. The summed E-state index contributed by atoms with van der Waals surface area (Å²) in [5, 5.41) is 14.9. The van der Waals surface area contributed by atoms with Gasteiger partial charge < -0.3 is 10.5 Å². The van der Waals surface area contributed by atoms with Gasteiger partial charge in [0, 0.05) is 0 Å². The molecule has 0 aromatic carbocycles. The van der Waals surface area contributed by atoms with Crippen LogP contribution in [0.4, 0.5) is 0 Å². The molecule has 1 aromatic rings. The first-order valence-electron chi connectivity index (χ1n) is 5.40. The Labute approximate surface area is 95.5 Å². The van der Waals surface area contributed by atoms with Crippen molar-refractivity contribution in [1.29, 1.82) is 5.41 Å². The highest BCUT2D eigenvalue weighted by Gasteiger charge is 2.07. The van der Waals surface area contributed by atoms with Gasteiger partial charge in [-0.2, -0.15) is 5.10 Å². The van der Waals surface area contributed by atoms with Gasteiger partial charge in [-0.25, -0.2) is 0 Å². The van der Waals surface area contributed by atoms with Crippen LogP contribution in [0.2, 0.25) is 0 Å². The maximum Gasteiger partial charge on any atom is 0.244 e. The second kappa shape index (κ2) is 6.05. The largest absolute Gasteiger partial charge is 0.476 e. The molecular formula is C11H18N4O. The van der Waals surface area contributed by atoms with E-state index in [-0.39, 0.29) is 5.84 Å². The summed E-state index contributed by atoms with van der Waals surface area (Å²) >= 11 is 0. The van der Waals surface area contributed by atoms with Crippen LogP contribution in [0, 0.1) is 11.3 Å². The molecule has 0 spiro atoms. The van der Waals surface area contributed by atoms with Gasteiger partial charge in [0.15, 0.2) is 0 Å². The quantitative estimate of drug-likeness (QED) is 0.434. The number of aromatic nitrogens is 2. The summed E-state index contributed by atoms with van der Waals surface area (Å²) in [5.41, 5.74) is 5.90. The van der Waals surface area contributed by atoms with E-state index in [4.69, 9.17) is 15.9 Å². The van der Waals surface area contributed by atoms with Crippen LogP contribution in [-0.4, -0.2) is 22.6 Å². The highest BCUT2D eigenvalue weighted by atomic mass is 16.5. The average Bonchev–Trinajstić information content (AvgIpc) is 2.24. The molecule has 0 fully saturated rings. The van der Waals surface area contributed by atoms with Crippen molar-refractivity contribution in [2.24, 2.45) is 11.7 Å². The standard InChI is InChI=1S/C11H18N4O/c1-8(2)4-3-7-16-11-9(10(12)13)5-6-14-15-11/h5-6,8H,3-4,7H2,1-2H3,(H3,12,13). The smallest absolute Gasteiger partial charge is 0.244 e. The van der Waals surface area contributed by atoms with E-state index in [0.717, 1.165) is 12.8 Å². The van der Waals surface area contributed by atoms with E-state index < -0.39 is 0 Å². The van der Waals surface area contributed by atoms with Crippen molar-refractivity contribution in [3.8, 4) is 5.88 Å². The van der Waals surface area contributed by atoms with Crippen LogP contribution in [0.25, 0.3) is 0 Å². The van der Waals surface area contributed by atoms with Crippen LogP contribution < -0.4 is 10.5 Å². The third-order valence-electron chi connectivity index (χ3n) is 2.14. The van der Waals surface area contributed by atoms with Crippen LogP contribution in [0.15, 0.2) is 12.3 Å². The lowest BCUT2D eigenvalue weighted by molar-refractivity contribution is 0.283. The van der Waals surface area contributed by atoms with E-state index in [1.165, 1.54) is 6.20 Å². The minimum atomic E-state index is -0.0474. The normalized spacial score (nSPS) is 10.4. The predicted molar refractivity (Wildman–Crippen MR) is 62.6 cm³/mol. The lowest BCUT2D eigenvalue weighted by Crippen LogP contribution is -2.15. The second-order valence-corrected chi connectivity index (χ2v) is 4.05. The van der Waals surface area contributed by atoms with Crippen molar-refractivity contribution >= 4 is 5.84 Å². The van der Waals surface area contributed by atoms with Crippen LogP contribution in [0.5, 0.6) is 5.88 Å². The molecule has 0 bridgehead atoms. The molecule has 5 nitrogen and oxygen atoms in total. The number of rotatable bonds is 6. The Hall–Kier alpha value is -1.65. The molecule has 0 aliphatic rings. The topological polar surface area (TPSA) is 84.9 Å². The van der Waals surface area contributed by atoms with E-state index >= 15 is 0 Å². The van der Waals surface area contributed by atoms with Crippen molar-refractivity contribution in [2.45, 2.75) is 26.7 Å². The predicted octanol–water partition coefficient (Wildman–Crippen LogP) is 1.58. The number of nitrogens with zero attached hydrogens (tertiary/aromatic N) is 2. The minimum absolute atomic E-state index is 0.0474. The zero-order valence-electron chi connectivity index (χ0n) is 9.73. The number of nitrogen functional groups attached to an aromatic ring is 1. The Balaban J connectivity index is 2.50. The molecule has 5 heteroatoms. The molecule has 3 N–H and O–H groups in total. The monoisotopic (exact) mass is 222 g/mol. The van der Waals surface area contributed by atoms with Gasteiger partial charge in [0.2, 0.25) is 5.88 Å². The number of hydrogen-bond acceptors (Lipinski definition) is 4. The number of hydrogen-bond donors (Lipinski definition) is 2. The molecular weight excluding hydrogens is 204 g/mol. The molecule has 1 heterocycles. The van der Waals surface area contributed by atoms with Crippen molar-refractivity contribution in [1.82, 2.24) is 10.2 Å². The van der Waals surface area contributed by atoms with Crippen LogP contribution in [0.1, 0.15) is 32.3 Å². The molecule has 1 aromatic heterocycles. The number of amidine groups is 1. The maximum absolute atomic E-state index is 7.35. The third-order valence-corrected chi connectivity index (χ3v) is 2.14. The van der Waals surface area contributed by atoms with E-state index in [1.807, 2.05) is 0 Å². The fourth-order valence-electron chi connectivity index (χ4n) is 1.29. The zero-order chi connectivity index (χ0) is 12.0. The Bertz CT molecular complexity index is 352. The zero-order valence-corrected chi connectivity index (χ0v) is 9.73. The van der Waals surface area contributed by atoms with Gasteiger partial charge in [-0.05, 0) is 24.8 Å². The molecule has 88 valence electrons. The first-order valence-corrected chi connectivity index (χ1v) is 5.40. The fourth-order valence-corrected chi connectivity index (χ4v) is 1.29. The van der Waals surface area contributed by atoms with Gasteiger partial charge in [0.25, 0.3) is 0 Å². The number of ether oxygens (including phenoxy) is 1.